The predicted molar refractivity (Wildman–Crippen MR) is 86.6 cm³/mol. The Bertz CT molecular complexity index is 702. The van der Waals surface area contributed by atoms with Gasteiger partial charge in [-0.1, -0.05) is 18.2 Å². The van der Waals surface area contributed by atoms with Gasteiger partial charge in [0.1, 0.15) is 17.6 Å². The minimum atomic E-state index is -0.0758. The molecule has 0 unspecified atom stereocenters. The number of hydrogen-bond acceptors (Lipinski definition) is 4. The van der Waals surface area contributed by atoms with Crippen molar-refractivity contribution in [1.29, 1.82) is 5.26 Å². The molecule has 1 amide bonds. The highest BCUT2D eigenvalue weighted by molar-refractivity contribution is 5.88. The first kappa shape index (κ1) is 15.5. The van der Waals surface area contributed by atoms with E-state index in [0.717, 1.165) is 29.8 Å². The Labute approximate surface area is 130 Å². The Hall–Kier alpha value is -2.87. The molecule has 0 saturated carbocycles. The zero-order valence-electron chi connectivity index (χ0n) is 12.7. The van der Waals surface area contributed by atoms with Crippen LogP contribution in [0, 0.1) is 18.3 Å². The molecule has 112 valence electrons. The van der Waals surface area contributed by atoms with Gasteiger partial charge in [0.25, 0.3) is 0 Å². The largest absolute Gasteiger partial charge is 0.370 e. The van der Waals surface area contributed by atoms with E-state index in [1.165, 1.54) is 6.92 Å². The summed E-state index contributed by atoms with van der Waals surface area (Å²) < 4.78 is 0. The molecule has 5 heteroatoms. The van der Waals surface area contributed by atoms with Gasteiger partial charge < -0.3 is 10.6 Å². The van der Waals surface area contributed by atoms with Crippen LogP contribution in [-0.2, 0) is 11.2 Å². The number of carbonyl (C=O) groups excluding carboxylic acids is 1. The number of pyridine rings is 1. The van der Waals surface area contributed by atoms with Gasteiger partial charge in [0.15, 0.2) is 0 Å². The lowest BCUT2D eigenvalue weighted by atomic mass is 10.1. The molecule has 1 aromatic carbocycles. The number of nitrogens with zero attached hydrogens (tertiary/aromatic N) is 2. The van der Waals surface area contributed by atoms with E-state index in [9.17, 15) is 4.79 Å². The summed E-state index contributed by atoms with van der Waals surface area (Å²) in [7, 11) is 0. The van der Waals surface area contributed by atoms with Crippen LogP contribution in [0.4, 0.5) is 11.5 Å². The van der Waals surface area contributed by atoms with Crippen LogP contribution < -0.4 is 10.6 Å². The van der Waals surface area contributed by atoms with Gasteiger partial charge in [-0.05, 0) is 42.7 Å². The van der Waals surface area contributed by atoms with Crippen molar-refractivity contribution < 1.29 is 4.79 Å². The molecular formula is C17H18N4O. The molecular weight excluding hydrogens is 276 g/mol. The van der Waals surface area contributed by atoms with Gasteiger partial charge in [-0.2, -0.15) is 5.26 Å². The summed E-state index contributed by atoms with van der Waals surface area (Å²) in [5.41, 5.74) is 3.28. The molecule has 0 radical (unpaired) electrons. The van der Waals surface area contributed by atoms with Gasteiger partial charge in [-0.15, -0.1) is 0 Å². The first-order chi connectivity index (χ1) is 10.6. The minimum absolute atomic E-state index is 0.0758. The van der Waals surface area contributed by atoms with Crippen LogP contribution in [0.1, 0.15) is 23.7 Å². The maximum Gasteiger partial charge on any atom is 0.221 e. The van der Waals surface area contributed by atoms with Crippen molar-refractivity contribution in [3.05, 3.63) is 53.2 Å². The van der Waals surface area contributed by atoms with Crippen molar-refractivity contribution >= 4 is 17.4 Å². The molecule has 1 aromatic heterocycles. The molecule has 2 aromatic rings. The van der Waals surface area contributed by atoms with Crippen molar-refractivity contribution in [2.24, 2.45) is 0 Å². The second-order valence-electron chi connectivity index (χ2n) is 5.03. The first-order valence-electron chi connectivity index (χ1n) is 7.06. The third kappa shape index (κ3) is 4.32. The Balaban J connectivity index is 1.88. The third-order valence-corrected chi connectivity index (χ3v) is 3.20. The molecule has 0 aliphatic carbocycles. The lowest BCUT2D eigenvalue weighted by Crippen LogP contribution is -2.08. The van der Waals surface area contributed by atoms with Crippen LogP contribution in [0.2, 0.25) is 0 Å². The Morgan fingerprint density at radius 3 is 2.59 bits per heavy atom. The standard InChI is InChI=1S/C17H18N4O/c1-12-3-8-17(21-16(12)11-18)19-10-9-14-4-6-15(7-5-14)20-13(2)22/h3-8H,9-10H2,1-2H3,(H,19,21)(H,20,22). The molecule has 0 aliphatic heterocycles. The summed E-state index contributed by atoms with van der Waals surface area (Å²) >= 11 is 0. The third-order valence-electron chi connectivity index (χ3n) is 3.20. The summed E-state index contributed by atoms with van der Waals surface area (Å²) in [6.45, 7) is 4.08. The van der Waals surface area contributed by atoms with Crippen molar-refractivity contribution in [2.75, 3.05) is 17.2 Å². The van der Waals surface area contributed by atoms with Crippen molar-refractivity contribution in [3.8, 4) is 6.07 Å². The summed E-state index contributed by atoms with van der Waals surface area (Å²) in [5.74, 6) is 0.630. The van der Waals surface area contributed by atoms with E-state index in [4.69, 9.17) is 5.26 Å². The molecule has 2 rings (SSSR count). The Kier molecular flexibility index (Phi) is 5.10. The van der Waals surface area contributed by atoms with Gasteiger partial charge >= 0.3 is 0 Å². The Morgan fingerprint density at radius 2 is 1.95 bits per heavy atom. The number of carbonyl (C=O) groups is 1. The van der Waals surface area contributed by atoms with Crippen LogP contribution in [-0.4, -0.2) is 17.4 Å². The fraction of sp³-hybridized carbons (Fsp3) is 0.235. The topological polar surface area (TPSA) is 77.8 Å². The average Bonchev–Trinajstić information content (AvgIpc) is 2.50. The summed E-state index contributed by atoms with van der Waals surface area (Å²) in [6, 6.07) is 13.6. The van der Waals surface area contributed by atoms with Crippen LogP contribution >= 0.6 is 0 Å². The molecule has 22 heavy (non-hydrogen) atoms. The van der Waals surface area contributed by atoms with E-state index < -0.39 is 0 Å². The smallest absolute Gasteiger partial charge is 0.221 e. The fourth-order valence-corrected chi connectivity index (χ4v) is 2.03. The monoisotopic (exact) mass is 294 g/mol. The average molecular weight is 294 g/mol. The summed E-state index contributed by atoms with van der Waals surface area (Å²) in [6.07, 6.45) is 0.831. The van der Waals surface area contributed by atoms with Gasteiger partial charge in [0.05, 0.1) is 0 Å². The lowest BCUT2D eigenvalue weighted by molar-refractivity contribution is -0.114. The lowest BCUT2D eigenvalue weighted by Gasteiger charge is -2.08. The highest BCUT2D eigenvalue weighted by atomic mass is 16.1. The van der Waals surface area contributed by atoms with Crippen molar-refractivity contribution in [1.82, 2.24) is 4.98 Å². The van der Waals surface area contributed by atoms with Gasteiger partial charge in [0.2, 0.25) is 5.91 Å². The molecule has 2 N–H and O–H groups in total. The molecule has 1 heterocycles. The van der Waals surface area contributed by atoms with Crippen LogP contribution in [0.15, 0.2) is 36.4 Å². The molecule has 0 atom stereocenters. The minimum Gasteiger partial charge on any atom is -0.370 e. The molecule has 0 bridgehead atoms. The number of nitriles is 1. The Morgan fingerprint density at radius 1 is 1.23 bits per heavy atom. The second kappa shape index (κ2) is 7.23. The SMILES string of the molecule is CC(=O)Nc1ccc(CCNc2ccc(C)c(C#N)n2)cc1. The normalized spacial score (nSPS) is 9.86. The van der Waals surface area contributed by atoms with Crippen molar-refractivity contribution in [2.45, 2.75) is 20.3 Å². The maximum absolute atomic E-state index is 11.0. The summed E-state index contributed by atoms with van der Waals surface area (Å²) in [5, 5.41) is 14.9. The van der Waals surface area contributed by atoms with E-state index in [1.807, 2.05) is 43.3 Å². The second-order valence-corrected chi connectivity index (χ2v) is 5.03. The quantitative estimate of drug-likeness (QED) is 0.889. The van der Waals surface area contributed by atoms with E-state index in [2.05, 4.69) is 21.7 Å². The number of benzene rings is 1. The maximum atomic E-state index is 11.0. The van der Waals surface area contributed by atoms with Crippen LogP contribution in [0.3, 0.4) is 0 Å². The highest BCUT2D eigenvalue weighted by Crippen LogP contribution is 2.12. The number of nitrogens with one attached hydrogen (secondary N) is 2. The zero-order chi connectivity index (χ0) is 15.9. The van der Waals surface area contributed by atoms with E-state index in [0.29, 0.717) is 11.5 Å². The van der Waals surface area contributed by atoms with Crippen LogP contribution in [0.5, 0.6) is 0 Å². The number of aryl methyl sites for hydroxylation is 1. The van der Waals surface area contributed by atoms with Crippen LogP contribution in [0.25, 0.3) is 0 Å². The van der Waals surface area contributed by atoms with E-state index in [-0.39, 0.29) is 5.91 Å². The zero-order valence-corrected chi connectivity index (χ0v) is 12.7. The first-order valence-corrected chi connectivity index (χ1v) is 7.06. The number of aromatic nitrogens is 1. The molecule has 5 nitrogen and oxygen atoms in total. The predicted octanol–water partition coefficient (Wildman–Crippen LogP) is 2.87. The number of rotatable bonds is 5. The van der Waals surface area contributed by atoms with E-state index >= 15 is 0 Å². The number of amides is 1. The number of anilines is 2. The molecule has 0 spiro atoms. The fourth-order valence-electron chi connectivity index (χ4n) is 2.03. The van der Waals surface area contributed by atoms with Gasteiger partial charge in [0, 0.05) is 19.2 Å². The summed E-state index contributed by atoms with van der Waals surface area (Å²) in [4.78, 5) is 15.2. The molecule has 0 fully saturated rings. The number of hydrogen-bond donors (Lipinski definition) is 2. The van der Waals surface area contributed by atoms with Gasteiger partial charge in [-0.25, -0.2) is 4.98 Å². The van der Waals surface area contributed by atoms with Crippen molar-refractivity contribution in [3.63, 3.8) is 0 Å². The van der Waals surface area contributed by atoms with Gasteiger partial charge in [-0.3, -0.25) is 4.79 Å². The van der Waals surface area contributed by atoms with E-state index in [1.54, 1.807) is 0 Å². The highest BCUT2D eigenvalue weighted by Gasteiger charge is 2.01. The molecule has 0 saturated heterocycles. The molecule has 0 aliphatic rings.